The summed E-state index contributed by atoms with van der Waals surface area (Å²) in [6.07, 6.45) is 7.79. The van der Waals surface area contributed by atoms with E-state index in [9.17, 15) is 4.79 Å². The summed E-state index contributed by atoms with van der Waals surface area (Å²) < 4.78 is 0. The van der Waals surface area contributed by atoms with Crippen LogP contribution in [0.15, 0.2) is 67.1 Å². The number of amides is 1. The summed E-state index contributed by atoms with van der Waals surface area (Å²) in [7, 11) is 0. The van der Waals surface area contributed by atoms with Gasteiger partial charge in [-0.15, -0.1) is 0 Å². The predicted octanol–water partition coefficient (Wildman–Crippen LogP) is 3.55. The maximum atomic E-state index is 12.7. The summed E-state index contributed by atoms with van der Waals surface area (Å²) in [5.74, 6) is 0.275. The molecule has 0 fully saturated rings. The first-order valence-electron chi connectivity index (χ1n) is 8.07. The second kappa shape index (κ2) is 8.06. The Balaban J connectivity index is 1.64. The standard InChI is InChI=1S/C19H20N4O/c24-19(23-18-11-4-5-12-20-18)17(16-13-21-22-14-16)10-6-9-15-7-2-1-3-8-15/h1-5,7-8,11-14,17H,6,9-10H2,(H,21,22)(H,20,23,24)/t17-/m1/s1. The number of aryl methyl sites for hydroxylation is 1. The van der Waals surface area contributed by atoms with Crippen LogP contribution in [0.5, 0.6) is 0 Å². The van der Waals surface area contributed by atoms with Crippen molar-refractivity contribution in [3.63, 3.8) is 0 Å². The summed E-state index contributed by atoms with van der Waals surface area (Å²) in [6.45, 7) is 0. The van der Waals surface area contributed by atoms with Gasteiger partial charge in [0.1, 0.15) is 5.82 Å². The molecule has 2 heterocycles. The summed E-state index contributed by atoms with van der Waals surface area (Å²) in [4.78, 5) is 16.8. The van der Waals surface area contributed by atoms with Crippen LogP contribution in [-0.4, -0.2) is 21.1 Å². The molecule has 2 aromatic heterocycles. The molecule has 2 N–H and O–H groups in total. The number of hydrogen-bond acceptors (Lipinski definition) is 3. The molecule has 1 amide bonds. The quantitative estimate of drug-likeness (QED) is 0.699. The number of aromatic nitrogens is 3. The lowest BCUT2D eigenvalue weighted by molar-refractivity contribution is -0.117. The molecule has 3 rings (SSSR count). The number of hydrogen-bond donors (Lipinski definition) is 2. The van der Waals surface area contributed by atoms with Gasteiger partial charge in [-0.05, 0) is 37.0 Å². The minimum absolute atomic E-state index is 0.0526. The van der Waals surface area contributed by atoms with E-state index in [2.05, 4.69) is 32.6 Å². The first-order chi connectivity index (χ1) is 11.8. The van der Waals surface area contributed by atoms with Gasteiger partial charge in [0, 0.05) is 18.0 Å². The van der Waals surface area contributed by atoms with Crippen LogP contribution < -0.4 is 5.32 Å². The minimum Gasteiger partial charge on any atom is -0.310 e. The number of nitrogens with one attached hydrogen (secondary N) is 2. The highest BCUT2D eigenvalue weighted by atomic mass is 16.1. The topological polar surface area (TPSA) is 70.7 Å². The lowest BCUT2D eigenvalue weighted by Crippen LogP contribution is -2.21. The van der Waals surface area contributed by atoms with E-state index in [0.717, 1.165) is 24.8 Å². The van der Waals surface area contributed by atoms with E-state index in [-0.39, 0.29) is 11.8 Å². The van der Waals surface area contributed by atoms with E-state index in [1.165, 1.54) is 5.56 Å². The number of benzene rings is 1. The van der Waals surface area contributed by atoms with Crippen molar-refractivity contribution in [3.05, 3.63) is 78.2 Å². The summed E-state index contributed by atoms with van der Waals surface area (Å²) in [5, 5.41) is 9.66. The molecule has 0 bridgehead atoms. The molecule has 0 aliphatic rings. The fourth-order valence-corrected chi connectivity index (χ4v) is 2.71. The Labute approximate surface area is 141 Å². The molecule has 24 heavy (non-hydrogen) atoms. The zero-order valence-electron chi connectivity index (χ0n) is 13.4. The van der Waals surface area contributed by atoms with Crippen molar-refractivity contribution in [2.24, 2.45) is 0 Å². The summed E-state index contributed by atoms with van der Waals surface area (Å²) in [5.41, 5.74) is 2.19. The number of carbonyl (C=O) groups excluding carboxylic acids is 1. The average molecular weight is 320 g/mol. The van der Waals surface area contributed by atoms with Crippen molar-refractivity contribution in [1.29, 1.82) is 0 Å². The molecular weight excluding hydrogens is 300 g/mol. The number of rotatable bonds is 7. The van der Waals surface area contributed by atoms with Crippen molar-refractivity contribution >= 4 is 11.7 Å². The SMILES string of the molecule is O=C(Nc1ccccn1)[C@H](CCCc1ccccc1)c1cn[nH]c1. The van der Waals surface area contributed by atoms with Gasteiger partial charge in [0.15, 0.2) is 0 Å². The first-order valence-corrected chi connectivity index (χ1v) is 8.07. The van der Waals surface area contributed by atoms with Gasteiger partial charge in [-0.1, -0.05) is 36.4 Å². The monoisotopic (exact) mass is 320 g/mol. The van der Waals surface area contributed by atoms with Gasteiger partial charge >= 0.3 is 0 Å². The van der Waals surface area contributed by atoms with E-state index in [1.807, 2.05) is 30.3 Å². The Morgan fingerprint density at radius 1 is 1.12 bits per heavy atom. The van der Waals surface area contributed by atoms with Crippen LogP contribution in [-0.2, 0) is 11.2 Å². The van der Waals surface area contributed by atoms with Gasteiger partial charge in [0.25, 0.3) is 0 Å². The molecule has 0 spiro atoms. The van der Waals surface area contributed by atoms with Crippen LogP contribution in [0.1, 0.15) is 29.9 Å². The lowest BCUT2D eigenvalue weighted by Gasteiger charge is -2.15. The molecule has 0 unspecified atom stereocenters. The molecule has 0 saturated heterocycles. The fourth-order valence-electron chi connectivity index (χ4n) is 2.71. The molecular formula is C19H20N4O. The largest absolute Gasteiger partial charge is 0.310 e. The van der Waals surface area contributed by atoms with Crippen LogP contribution in [0.4, 0.5) is 5.82 Å². The number of aromatic amines is 1. The molecule has 5 nitrogen and oxygen atoms in total. The van der Waals surface area contributed by atoms with Gasteiger partial charge in [-0.3, -0.25) is 9.89 Å². The maximum absolute atomic E-state index is 12.7. The van der Waals surface area contributed by atoms with Gasteiger partial charge in [-0.25, -0.2) is 4.98 Å². The molecule has 1 aromatic carbocycles. The second-order valence-electron chi connectivity index (χ2n) is 5.67. The second-order valence-corrected chi connectivity index (χ2v) is 5.67. The van der Waals surface area contributed by atoms with Gasteiger partial charge in [0.2, 0.25) is 5.91 Å². The molecule has 0 aliphatic heterocycles. The van der Waals surface area contributed by atoms with Crippen LogP contribution in [0.25, 0.3) is 0 Å². The lowest BCUT2D eigenvalue weighted by atomic mass is 9.94. The molecule has 0 saturated carbocycles. The highest BCUT2D eigenvalue weighted by molar-refractivity contribution is 5.95. The average Bonchev–Trinajstić information content (AvgIpc) is 3.14. The Bertz CT molecular complexity index is 742. The number of anilines is 1. The number of pyridine rings is 1. The maximum Gasteiger partial charge on any atom is 0.233 e. The van der Waals surface area contributed by atoms with E-state index in [1.54, 1.807) is 24.7 Å². The normalized spacial score (nSPS) is 11.8. The Morgan fingerprint density at radius 3 is 2.67 bits per heavy atom. The van der Waals surface area contributed by atoms with Crippen LogP contribution in [0.3, 0.4) is 0 Å². The zero-order chi connectivity index (χ0) is 16.6. The third-order valence-electron chi connectivity index (χ3n) is 3.96. The molecule has 5 heteroatoms. The van der Waals surface area contributed by atoms with Crippen LogP contribution in [0, 0.1) is 0 Å². The Morgan fingerprint density at radius 2 is 1.96 bits per heavy atom. The Kier molecular flexibility index (Phi) is 5.35. The highest BCUT2D eigenvalue weighted by Crippen LogP contribution is 2.23. The fraction of sp³-hybridized carbons (Fsp3) is 0.211. The van der Waals surface area contributed by atoms with Crippen molar-refractivity contribution in [2.75, 3.05) is 5.32 Å². The predicted molar refractivity (Wildman–Crippen MR) is 93.6 cm³/mol. The van der Waals surface area contributed by atoms with Crippen molar-refractivity contribution in [1.82, 2.24) is 15.2 Å². The smallest absolute Gasteiger partial charge is 0.233 e. The van der Waals surface area contributed by atoms with Crippen molar-refractivity contribution < 1.29 is 4.79 Å². The van der Waals surface area contributed by atoms with Gasteiger partial charge in [0.05, 0.1) is 12.1 Å². The molecule has 1 atom stereocenters. The highest BCUT2D eigenvalue weighted by Gasteiger charge is 2.21. The molecule has 0 radical (unpaired) electrons. The van der Waals surface area contributed by atoms with Gasteiger partial charge in [-0.2, -0.15) is 5.10 Å². The Hall–Kier alpha value is -2.95. The number of nitrogens with zero attached hydrogens (tertiary/aromatic N) is 2. The van der Waals surface area contributed by atoms with E-state index in [4.69, 9.17) is 0 Å². The van der Waals surface area contributed by atoms with E-state index < -0.39 is 0 Å². The summed E-state index contributed by atoms with van der Waals surface area (Å²) >= 11 is 0. The van der Waals surface area contributed by atoms with Crippen LogP contribution in [0.2, 0.25) is 0 Å². The number of H-pyrrole nitrogens is 1. The van der Waals surface area contributed by atoms with Crippen molar-refractivity contribution in [3.8, 4) is 0 Å². The zero-order valence-corrected chi connectivity index (χ0v) is 13.4. The van der Waals surface area contributed by atoms with Crippen molar-refractivity contribution in [2.45, 2.75) is 25.2 Å². The van der Waals surface area contributed by atoms with E-state index in [0.29, 0.717) is 5.82 Å². The number of carbonyl (C=O) groups is 1. The van der Waals surface area contributed by atoms with Gasteiger partial charge < -0.3 is 5.32 Å². The third-order valence-corrected chi connectivity index (χ3v) is 3.96. The van der Waals surface area contributed by atoms with E-state index >= 15 is 0 Å². The summed E-state index contributed by atoms with van der Waals surface area (Å²) in [6, 6.07) is 15.8. The molecule has 0 aliphatic carbocycles. The minimum atomic E-state index is -0.241. The third kappa shape index (κ3) is 4.29. The molecule has 122 valence electrons. The van der Waals surface area contributed by atoms with Crippen LogP contribution >= 0.6 is 0 Å². The molecule has 3 aromatic rings. The first kappa shape index (κ1) is 15.9.